The molecule has 0 fully saturated rings. The third-order valence-corrected chi connectivity index (χ3v) is 3.16. The number of nitrogens with one attached hydrogen (secondary N) is 1. The Morgan fingerprint density at radius 2 is 2.12 bits per heavy atom. The van der Waals surface area contributed by atoms with E-state index in [1.807, 2.05) is 13.8 Å². The van der Waals surface area contributed by atoms with Crippen LogP contribution in [-0.4, -0.2) is 18.4 Å². The third kappa shape index (κ3) is 3.57. The number of Topliss-reactive ketones (excluding diaryl/α,β-unsaturated/α-hetero) is 1. The number of carbonyl (C=O) groups is 1. The van der Waals surface area contributed by atoms with Crippen molar-refractivity contribution in [2.45, 2.75) is 26.3 Å². The van der Waals surface area contributed by atoms with Gasteiger partial charge >= 0.3 is 0 Å². The highest BCUT2D eigenvalue weighted by Gasteiger charge is 2.19. The molecular weight excluding hydrogens is 292 g/mol. The molecule has 94 valence electrons. The molecule has 0 aliphatic carbocycles. The number of rotatable bonds is 5. The number of halogens is 3. The standard InChI is InChI=1S/C12H14BrF2NO/c1-3-7(2)16-6-10(17)11-9(14)5-4-8(13)12(11)15/h4-5,7,16H,3,6H2,1-2H3. The highest BCUT2D eigenvalue weighted by atomic mass is 79.9. The molecule has 17 heavy (non-hydrogen) atoms. The molecule has 1 rings (SSSR count). The maximum absolute atomic E-state index is 13.6. The Hall–Kier alpha value is -0.810. The van der Waals surface area contributed by atoms with E-state index in [-0.39, 0.29) is 17.1 Å². The number of hydrogen-bond acceptors (Lipinski definition) is 2. The average Bonchev–Trinajstić information content (AvgIpc) is 2.31. The Labute approximate surface area is 108 Å². The Balaban J connectivity index is 2.86. The molecule has 1 aromatic rings. The Morgan fingerprint density at radius 1 is 1.47 bits per heavy atom. The first-order valence-electron chi connectivity index (χ1n) is 5.37. The summed E-state index contributed by atoms with van der Waals surface area (Å²) >= 11 is 2.93. The molecule has 0 saturated heterocycles. The van der Waals surface area contributed by atoms with Crippen molar-refractivity contribution in [2.75, 3.05) is 6.54 Å². The molecule has 1 N–H and O–H groups in total. The number of carbonyl (C=O) groups excluding carboxylic acids is 1. The zero-order valence-electron chi connectivity index (χ0n) is 9.69. The van der Waals surface area contributed by atoms with Crippen LogP contribution in [0.15, 0.2) is 16.6 Å². The number of hydrogen-bond donors (Lipinski definition) is 1. The van der Waals surface area contributed by atoms with Crippen LogP contribution in [0.3, 0.4) is 0 Å². The average molecular weight is 306 g/mol. The zero-order chi connectivity index (χ0) is 13.0. The Morgan fingerprint density at radius 3 is 2.71 bits per heavy atom. The van der Waals surface area contributed by atoms with Crippen LogP contribution in [-0.2, 0) is 0 Å². The quantitative estimate of drug-likeness (QED) is 0.668. The summed E-state index contributed by atoms with van der Waals surface area (Å²) in [4.78, 5) is 11.7. The van der Waals surface area contributed by atoms with Gasteiger partial charge in [-0.1, -0.05) is 6.92 Å². The predicted octanol–water partition coefficient (Wildman–Crippen LogP) is 3.30. The SMILES string of the molecule is CCC(C)NCC(=O)c1c(F)ccc(Br)c1F. The maximum Gasteiger partial charge on any atom is 0.182 e. The molecule has 0 heterocycles. The van der Waals surface area contributed by atoms with Crippen molar-refractivity contribution in [3.05, 3.63) is 33.8 Å². The van der Waals surface area contributed by atoms with Crippen LogP contribution in [0.2, 0.25) is 0 Å². The minimum Gasteiger partial charge on any atom is -0.307 e. The van der Waals surface area contributed by atoms with Crippen LogP contribution in [0.25, 0.3) is 0 Å². The van der Waals surface area contributed by atoms with Gasteiger partial charge in [0.15, 0.2) is 11.6 Å². The molecule has 0 amide bonds. The topological polar surface area (TPSA) is 29.1 Å². The van der Waals surface area contributed by atoms with E-state index in [1.165, 1.54) is 6.07 Å². The second-order valence-electron chi connectivity index (χ2n) is 3.83. The van der Waals surface area contributed by atoms with Gasteiger partial charge in [-0.2, -0.15) is 0 Å². The first-order chi connectivity index (χ1) is 7.97. The van der Waals surface area contributed by atoms with Gasteiger partial charge in [0.25, 0.3) is 0 Å². The third-order valence-electron chi connectivity index (χ3n) is 2.55. The minimum absolute atomic E-state index is 0.0701. The van der Waals surface area contributed by atoms with Crippen molar-refractivity contribution in [1.29, 1.82) is 0 Å². The molecule has 0 bridgehead atoms. The monoisotopic (exact) mass is 305 g/mol. The lowest BCUT2D eigenvalue weighted by atomic mass is 10.1. The molecule has 0 aromatic heterocycles. The normalized spacial score (nSPS) is 12.5. The fourth-order valence-corrected chi connectivity index (χ4v) is 1.61. The van der Waals surface area contributed by atoms with Crippen molar-refractivity contribution in [2.24, 2.45) is 0 Å². The molecular formula is C12H14BrF2NO. The fraction of sp³-hybridized carbons (Fsp3) is 0.417. The minimum atomic E-state index is -0.846. The van der Waals surface area contributed by atoms with Crippen LogP contribution in [0.4, 0.5) is 8.78 Å². The second kappa shape index (κ2) is 6.21. The lowest BCUT2D eigenvalue weighted by molar-refractivity contribution is 0.0979. The van der Waals surface area contributed by atoms with E-state index in [9.17, 15) is 13.6 Å². The van der Waals surface area contributed by atoms with E-state index in [2.05, 4.69) is 21.2 Å². The van der Waals surface area contributed by atoms with Gasteiger partial charge in [-0.15, -0.1) is 0 Å². The second-order valence-corrected chi connectivity index (χ2v) is 4.69. The first-order valence-corrected chi connectivity index (χ1v) is 6.16. The number of ketones is 1. The molecule has 0 aliphatic rings. The van der Waals surface area contributed by atoms with Gasteiger partial charge in [0.05, 0.1) is 16.6 Å². The van der Waals surface area contributed by atoms with Crippen molar-refractivity contribution in [1.82, 2.24) is 5.32 Å². The maximum atomic E-state index is 13.6. The summed E-state index contributed by atoms with van der Waals surface area (Å²) in [5.74, 6) is -2.26. The van der Waals surface area contributed by atoms with E-state index >= 15 is 0 Å². The van der Waals surface area contributed by atoms with Crippen LogP contribution in [0, 0.1) is 11.6 Å². The summed E-state index contributed by atoms with van der Waals surface area (Å²) < 4.78 is 27.1. The summed E-state index contributed by atoms with van der Waals surface area (Å²) in [6, 6.07) is 2.45. The van der Waals surface area contributed by atoms with Crippen molar-refractivity contribution in [3.8, 4) is 0 Å². The molecule has 0 saturated carbocycles. The fourth-order valence-electron chi connectivity index (χ4n) is 1.28. The van der Waals surface area contributed by atoms with Gasteiger partial charge in [0, 0.05) is 6.04 Å². The molecule has 0 radical (unpaired) electrons. The van der Waals surface area contributed by atoms with Gasteiger partial charge in [-0.25, -0.2) is 8.78 Å². The molecule has 2 nitrogen and oxygen atoms in total. The summed E-state index contributed by atoms with van der Waals surface area (Å²) in [5.41, 5.74) is -0.491. The Bertz CT molecular complexity index is 423. The molecule has 1 atom stereocenters. The first kappa shape index (κ1) is 14.3. The van der Waals surface area contributed by atoms with Crippen LogP contribution in [0.5, 0.6) is 0 Å². The van der Waals surface area contributed by atoms with E-state index in [0.29, 0.717) is 0 Å². The van der Waals surface area contributed by atoms with Crippen LogP contribution < -0.4 is 5.32 Å². The van der Waals surface area contributed by atoms with Gasteiger partial charge in [0.2, 0.25) is 0 Å². The van der Waals surface area contributed by atoms with E-state index in [4.69, 9.17) is 0 Å². The van der Waals surface area contributed by atoms with E-state index < -0.39 is 23.0 Å². The van der Waals surface area contributed by atoms with Crippen molar-refractivity contribution in [3.63, 3.8) is 0 Å². The van der Waals surface area contributed by atoms with Gasteiger partial charge in [-0.05, 0) is 41.4 Å². The summed E-state index contributed by atoms with van der Waals surface area (Å²) in [6.07, 6.45) is 0.844. The van der Waals surface area contributed by atoms with E-state index in [0.717, 1.165) is 12.5 Å². The summed E-state index contributed by atoms with van der Waals surface area (Å²) in [5, 5.41) is 2.91. The van der Waals surface area contributed by atoms with Crippen LogP contribution >= 0.6 is 15.9 Å². The van der Waals surface area contributed by atoms with Crippen LogP contribution in [0.1, 0.15) is 30.6 Å². The predicted molar refractivity (Wildman–Crippen MR) is 66.1 cm³/mol. The van der Waals surface area contributed by atoms with Crippen molar-refractivity contribution >= 4 is 21.7 Å². The number of benzene rings is 1. The molecule has 0 aliphatic heterocycles. The van der Waals surface area contributed by atoms with Gasteiger partial charge < -0.3 is 5.32 Å². The molecule has 1 unspecified atom stereocenters. The Kier molecular flexibility index (Phi) is 5.21. The van der Waals surface area contributed by atoms with Gasteiger partial charge in [-0.3, -0.25) is 4.79 Å². The van der Waals surface area contributed by atoms with Gasteiger partial charge in [0.1, 0.15) is 5.82 Å². The largest absolute Gasteiger partial charge is 0.307 e. The molecule has 0 spiro atoms. The lowest BCUT2D eigenvalue weighted by Gasteiger charge is -2.11. The highest BCUT2D eigenvalue weighted by Crippen LogP contribution is 2.21. The van der Waals surface area contributed by atoms with E-state index in [1.54, 1.807) is 0 Å². The zero-order valence-corrected chi connectivity index (χ0v) is 11.3. The smallest absolute Gasteiger partial charge is 0.182 e. The van der Waals surface area contributed by atoms with Crippen molar-refractivity contribution < 1.29 is 13.6 Å². The molecule has 1 aromatic carbocycles. The summed E-state index contributed by atoms with van der Waals surface area (Å²) in [6.45, 7) is 3.79. The highest BCUT2D eigenvalue weighted by molar-refractivity contribution is 9.10. The lowest BCUT2D eigenvalue weighted by Crippen LogP contribution is -2.31. The summed E-state index contributed by atoms with van der Waals surface area (Å²) in [7, 11) is 0. The molecule has 5 heteroatoms.